The normalized spacial score (nSPS) is 18.8. The Morgan fingerprint density at radius 3 is 2.36 bits per heavy atom. The van der Waals surface area contributed by atoms with Gasteiger partial charge >= 0.3 is 0 Å². The number of anilines is 1. The molecule has 0 spiro atoms. The minimum Gasteiger partial charge on any atom is -0.319 e. The zero-order valence-electron chi connectivity index (χ0n) is 12.3. The lowest BCUT2D eigenvalue weighted by Gasteiger charge is -2.28. The smallest absolute Gasteiger partial charge is 0.282 e. The van der Waals surface area contributed by atoms with Crippen molar-refractivity contribution >= 4 is 25.6 Å². The molecule has 1 aromatic rings. The first-order chi connectivity index (χ1) is 10.2. The average Bonchev–Trinajstić information content (AvgIpc) is 2.47. The van der Waals surface area contributed by atoms with Crippen LogP contribution in [-0.2, 0) is 20.0 Å². The monoisotopic (exact) mass is 348 g/mol. The van der Waals surface area contributed by atoms with Crippen molar-refractivity contribution < 1.29 is 21.4 Å². The molecule has 0 radical (unpaired) electrons. The van der Waals surface area contributed by atoms with Gasteiger partial charge in [0.1, 0.15) is 0 Å². The molecule has 1 unspecified atom stereocenters. The van der Waals surface area contributed by atoms with Crippen molar-refractivity contribution in [2.24, 2.45) is 0 Å². The summed E-state index contributed by atoms with van der Waals surface area (Å²) in [6.07, 6.45) is 3.33. The standard InChI is InChI=1S/C13H20N2O5S2/c1-11(22(18,19)20)21(16,17)13-7-5-6-12(10-13)14-15-8-3-2-4-9-15/h5-7,10-11,14H,2-4,8-9H2,1H3,(H,18,19,20). The van der Waals surface area contributed by atoms with Crippen LogP contribution in [0, 0.1) is 0 Å². The molecule has 1 atom stereocenters. The number of hydrogen-bond acceptors (Lipinski definition) is 6. The molecule has 1 saturated heterocycles. The Hall–Kier alpha value is -1.16. The van der Waals surface area contributed by atoms with E-state index in [1.165, 1.54) is 24.6 Å². The predicted molar refractivity (Wildman–Crippen MR) is 83.7 cm³/mol. The van der Waals surface area contributed by atoms with E-state index in [0.717, 1.165) is 32.9 Å². The molecule has 0 aliphatic carbocycles. The Kier molecular flexibility index (Phi) is 5.10. The van der Waals surface area contributed by atoms with Gasteiger partial charge in [-0.2, -0.15) is 8.42 Å². The van der Waals surface area contributed by atoms with Gasteiger partial charge in [-0.05, 0) is 38.0 Å². The summed E-state index contributed by atoms with van der Waals surface area (Å²) < 4.78 is 53.8. The lowest BCUT2D eigenvalue weighted by molar-refractivity contribution is 0.273. The highest BCUT2D eigenvalue weighted by molar-refractivity contribution is 8.06. The second-order valence-electron chi connectivity index (χ2n) is 5.31. The highest BCUT2D eigenvalue weighted by atomic mass is 32.3. The Morgan fingerprint density at radius 1 is 1.14 bits per heavy atom. The van der Waals surface area contributed by atoms with Crippen LogP contribution in [-0.4, -0.2) is 44.1 Å². The van der Waals surface area contributed by atoms with Gasteiger partial charge < -0.3 is 5.43 Å². The maximum absolute atomic E-state index is 12.2. The fraction of sp³-hybridized carbons (Fsp3) is 0.538. The third kappa shape index (κ3) is 3.97. The zero-order valence-corrected chi connectivity index (χ0v) is 13.9. The van der Waals surface area contributed by atoms with Gasteiger partial charge in [-0.3, -0.25) is 4.55 Å². The van der Waals surface area contributed by atoms with Crippen LogP contribution in [0.3, 0.4) is 0 Å². The Balaban J connectivity index is 2.24. The molecule has 7 nitrogen and oxygen atoms in total. The minimum absolute atomic E-state index is 0.139. The molecular formula is C13H20N2O5S2. The maximum Gasteiger partial charge on any atom is 0.282 e. The highest BCUT2D eigenvalue weighted by Crippen LogP contribution is 2.23. The molecule has 124 valence electrons. The third-order valence-electron chi connectivity index (χ3n) is 3.66. The summed E-state index contributed by atoms with van der Waals surface area (Å²) in [4.78, 5) is -0.139. The first kappa shape index (κ1) is 17.2. The van der Waals surface area contributed by atoms with Gasteiger partial charge in [-0.25, -0.2) is 13.4 Å². The second-order valence-corrected chi connectivity index (χ2v) is 9.62. The Labute approximate surface area is 131 Å². The molecule has 1 fully saturated rings. The third-order valence-corrected chi connectivity index (χ3v) is 7.78. The Bertz CT molecular complexity index is 725. The van der Waals surface area contributed by atoms with E-state index in [-0.39, 0.29) is 4.90 Å². The summed E-state index contributed by atoms with van der Waals surface area (Å²) in [6.45, 7) is 2.70. The molecule has 2 rings (SSSR count). The second kappa shape index (κ2) is 6.53. The molecule has 1 aromatic carbocycles. The molecule has 1 aliphatic heterocycles. The van der Waals surface area contributed by atoms with Gasteiger partial charge in [0.15, 0.2) is 14.4 Å². The lowest BCUT2D eigenvalue weighted by atomic mass is 10.2. The van der Waals surface area contributed by atoms with Crippen molar-refractivity contribution in [2.45, 2.75) is 35.7 Å². The van der Waals surface area contributed by atoms with E-state index in [1.54, 1.807) is 6.07 Å². The van der Waals surface area contributed by atoms with E-state index in [0.29, 0.717) is 5.69 Å². The fourth-order valence-electron chi connectivity index (χ4n) is 2.28. The predicted octanol–water partition coefficient (Wildman–Crippen LogP) is 1.51. The van der Waals surface area contributed by atoms with Gasteiger partial charge in [0.2, 0.25) is 0 Å². The van der Waals surface area contributed by atoms with Crippen molar-refractivity contribution in [1.29, 1.82) is 0 Å². The molecular weight excluding hydrogens is 328 g/mol. The van der Waals surface area contributed by atoms with Crippen LogP contribution in [0.25, 0.3) is 0 Å². The molecule has 2 N–H and O–H groups in total. The van der Waals surface area contributed by atoms with E-state index in [9.17, 15) is 16.8 Å². The topological polar surface area (TPSA) is 104 Å². The summed E-state index contributed by atoms with van der Waals surface area (Å²) in [5.41, 5.74) is 3.70. The minimum atomic E-state index is -4.67. The van der Waals surface area contributed by atoms with Gasteiger partial charge in [0.05, 0.1) is 10.6 Å². The van der Waals surface area contributed by atoms with Crippen LogP contribution in [0.2, 0.25) is 0 Å². The molecule has 1 aliphatic rings. The van der Waals surface area contributed by atoms with E-state index < -0.39 is 24.5 Å². The number of hydrazine groups is 1. The quantitative estimate of drug-likeness (QED) is 0.777. The van der Waals surface area contributed by atoms with Crippen LogP contribution < -0.4 is 5.43 Å². The number of rotatable bonds is 5. The molecule has 0 aromatic heterocycles. The van der Waals surface area contributed by atoms with Crippen molar-refractivity contribution in [1.82, 2.24) is 5.01 Å². The molecule has 22 heavy (non-hydrogen) atoms. The summed E-state index contributed by atoms with van der Waals surface area (Å²) >= 11 is 0. The summed E-state index contributed by atoms with van der Waals surface area (Å²) in [7, 11) is -8.82. The molecule has 1 heterocycles. The van der Waals surface area contributed by atoms with Gasteiger partial charge in [0, 0.05) is 13.1 Å². The van der Waals surface area contributed by atoms with Crippen molar-refractivity contribution in [3.63, 3.8) is 0 Å². The van der Waals surface area contributed by atoms with Crippen LogP contribution >= 0.6 is 0 Å². The lowest BCUT2D eigenvalue weighted by Crippen LogP contribution is -2.34. The highest BCUT2D eigenvalue weighted by Gasteiger charge is 2.33. The first-order valence-corrected chi connectivity index (χ1v) is 10.1. The average molecular weight is 348 g/mol. The molecule has 0 saturated carbocycles. The summed E-state index contributed by atoms with van der Waals surface area (Å²) in [6, 6.07) is 5.95. The van der Waals surface area contributed by atoms with Crippen LogP contribution in [0.15, 0.2) is 29.2 Å². The van der Waals surface area contributed by atoms with Crippen molar-refractivity contribution in [3.8, 4) is 0 Å². The molecule has 0 amide bonds. The van der Waals surface area contributed by atoms with E-state index >= 15 is 0 Å². The van der Waals surface area contributed by atoms with Crippen LogP contribution in [0.1, 0.15) is 26.2 Å². The van der Waals surface area contributed by atoms with Gasteiger partial charge in [-0.1, -0.05) is 12.5 Å². The number of hydrogen-bond donors (Lipinski definition) is 2. The van der Waals surface area contributed by atoms with Gasteiger partial charge in [-0.15, -0.1) is 0 Å². The fourth-order valence-corrected chi connectivity index (χ4v) is 4.84. The van der Waals surface area contributed by atoms with Crippen molar-refractivity contribution in [2.75, 3.05) is 18.5 Å². The first-order valence-electron chi connectivity index (χ1n) is 7.03. The van der Waals surface area contributed by atoms with E-state index in [1.807, 2.05) is 5.01 Å². The number of piperidine rings is 1. The van der Waals surface area contributed by atoms with Crippen LogP contribution in [0.5, 0.6) is 0 Å². The number of nitrogens with zero attached hydrogens (tertiary/aromatic N) is 1. The SMILES string of the molecule is CC(S(=O)(=O)O)S(=O)(=O)c1cccc(NN2CCCCC2)c1. The van der Waals surface area contributed by atoms with E-state index in [4.69, 9.17) is 4.55 Å². The number of nitrogens with one attached hydrogen (secondary N) is 1. The largest absolute Gasteiger partial charge is 0.319 e. The summed E-state index contributed by atoms with van der Waals surface area (Å²) in [5, 5.41) is 2.00. The number of sulfone groups is 1. The maximum atomic E-state index is 12.2. The van der Waals surface area contributed by atoms with Crippen LogP contribution in [0.4, 0.5) is 5.69 Å². The number of benzene rings is 1. The van der Waals surface area contributed by atoms with Gasteiger partial charge in [0.25, 0.3) is 10.1 Å². The Morgan fingerprint density at radius 2 is 1.77 bits per heavy atom. The zero-order chi connectivity index (χ0) is 16.4. The molecule has 0 bridgehead atoms. The molecule has 9 heteroatoms. The van der Waals surface area contributed by atoms with E-state index in [2.05, 4.69) is 5.43 Å². The summed E-state index contributed by atoms with van der Waals surface area (Å²) in [5.74, 6) is 0. The van der Waals surface area contributed by atoms with Crippen molar-refractivity contribution in [3.05, 3.63) is 24.3 Å².